The molecule has 20 heavy (non-hydrogen) atoms. The van der Waals surface area contributed by atoms with Gasteiger partial charge in [0.1, 0.15) is 0 Å². The molecule has 4 heteroatoms. The van der Waals surface area contributed by atoms with Gasteiger partial charge in [-0.3, -0.25) is 0 Å². The molecule has 0 bridgehead atoms. The predicted molar refractivity (Wildman–Crippen MR) is 84.1 cm³/mol. The Hall–Kier alpha value is 0.419. The molecule has 2 saturated heterocycles. The Morgan fingerprint density at radius 2 is 2.00 bits per heavy atom. The molecular weight excluding hydrogens is 357 g/mol. The van der Waals surface area contributed by atoms with Crippen molar-refractivity contribution >= 4 is 19.2 Å². The maximum atomic E-state index is 6.81. The molecule has 0 N–H and O–H groups in total. The molecule has 0 aromatic carbocycles. The minimum atomic E-state index is -2.81. The first-order valence-electron chi connectivity index (χ1n) is 8.53. The molecule has 0 aliphatic carbocycles. The summed E-state index contributed by atoms with van der Waals surface area (Å²) < 4.78 is 15.9. The Balaban J connectivity index is 1.76. The normalized spacial score (nSPS) is 32.0. The molecule has 3 heterocycles. The number of nitrogens with zero attached hydrogens (tertiary/aromatic N) is 1. The van der Waals surface area contributed by atoms with E-state index in [1.54, 1.807) is 0 Å². The number of rotatable bonds is 6. The molecule has 2 fully saturated rings. The van der Waals surface area contributed by atoms with E-state index >= 15 is 0 Å². The van der Waals surface area contributed by atoms with E-state index in [0.29, 0.717) is 12.1 Å². The average Bonchev–Trinajstić information content (AvgIpc) is 2.99. The van der Waals surface area contributed by atoms with E-state index in [9.17, 15) is 0 Å². The summed E-state index contributed by atoms with van der Waals surface area (Å²) in [5, 5.41) is 0. The molecule has 0 saturated carbocycles. The van der Waals surface area contributed by atoms with Gasteiger partial charge in [-0.25, -0.2) is 0 Å². The van der Waals surface area contributed by atoms with Crippen molar-refractivity contribution in [2.45, 2.75) is 67.0 Å². The van der Waals surface area contributed by atoms with Crippen LogP contribution < -0.4 is 0 Å². The minimum absolute atomic E-state index is 0.454. The van der Waals surface area contributed by atoms with Crippen molar-refractivity contribution in [1.29, 1.82) is 0 Å². The predicted octanol–water partition coefficient (Wildman–Crippen LogP) is 3.46. The van der Waals surface area contributed by atoms with Gasteiger partial charge in [0.15, 0.2) is 0 Å². The van der Waals surface area contributed by atoms with Gasteiger partial charge in [0, 0.05) is 0 Å². The molecule has 3 aliphatic heterocycles. The van der Waals surface area contributed by atoms with Gasteiger partial charge >= 0.3 is 129 Å². The van der Waals surface area contributed by atoms with Crippen LogP contribution in [0.5, 0.6) is 0 Å². The van der Waals surface area contributed by atoms with Crippen molar-refractivity contribution in [3.8, 4) is 0 Å². The summed E-state index contributed by atoms with van der Waals surface area (Å²) in [6.45, 7) is 7.78. The van der Waals surface area contributed by atoms with Gasteiger partial charge in [-0.05, 0) is 0 Å². The Morgan fingerprint density at radius 1 is 1.25 bits per heavy atom. The first-order valence-corrected chi connectivity index (χ1v) is 14.9. The van der Waals surface area contributed by atoms with Crippen LogP contribution in [0.4, 0.5) is 0 Å². The Morgan fingerprint density at radius 3 is 2.70 bits per heavy atom. The Kier molecular flexibility index (Phi) is 5.11. The molecule has 0 unspecified atom stereocenters. The molecule has 0 amide bonds. The van der Waals surface area contributed by atoms with Crippen LogP contribution >= 0.6 is 0 Å². The van der Waals surface area contributed by atoms with Gasteiger partial charge < -0.3 is 0 Å². The molecule has 3 aliphatic rings. The van der Waals surface area contributed by atoms with E-state index in [1.807, 2.05) is 0 Å². The third kappa shape index (κ3) is 2.96. The summed E-state index contributed by atoms with van der Waals surface area (Å²) in [5.74, 6) is 0. The molecule has 0 spiro atoms. The summed E-state index contributed by atoms with van der Waals surface area (Å²) in [6.07, 6.45) is 9.20. The van der Waals surface area contributed by atoms with E-state index < -0.39 is 19.2 Å². The standard InChI is InChI=1S/C8H11NO2.2C4H9.Sn/c10-5-6-1-3-9-4-2-7(11)8(6)9;2*1-3-4-2;/h1,7-8H,2-5H2;2*1,3-4H2,2H3;/q-2;;;+2/t7-,8-;;;/m1.../s1. The average molecular weight is 386 g/mol. The number of unbranched alkanes of at least 4 members (excludes halogenated alkanes) is 2. The summed E-state index contributed by atoms with van der Waals surface area (Å²) in [6, 6.07) is 0.567. The third-order valence-corrected chi connectivity index (χ3v) is 15.5. The topological polar surface area (TPSA) is 21.7 Å². The van der Waals surface area contributed by atoms with E-state index in [0.717, 1.165) is 13.2 Å². The fourth-order valence-corrected chi connectivity index (χ4v) is 14.9. The van der Waals surface area contributed by atoms with Gasteiger partial charge in [-0.15, -0.1) is 0 Å². The first kappa shape index (κ1) is 15.3. The van der Waals surface area contributed by atoms with Crippen LogP contribution in [0, 0.1) is 0 Å². The summed E-state index contributed by atoms with van der Waals surface area (Å²) in [5.41, 5.74) is 1.53. The molecule has 3 nitrogen and oxygen atoms in total. The van der Waals surface area contributed by atoms with Crippen LogP contribution in [0.25, 0.3) is 0 Å². The summed E-state index contributed by atoms with van der Waals surface area (Å²) in [7, 11) is 0. The molecular formula is C16H29NO2Sn. The first-order chi connectivity index (χ1) is 9.78. The van der Waals surface area contributed by atoms with Crippen LogP contribution in [-0.4, -0.2) is 55.9 Å². The van der Waals surface area contributed by atoms with Crippen molar-refractivity contribution in [2.75, 3.05) is 19.7 Å². The van der Waals surface area contributed by atoms with Crippen LogP contribution in [0.15, 0.2) is 11.6 Å². The van der Waals surface area contributed by atoms with Gasteiger partial charge in [0.05, 0.1) is 0 Å². The quantitative estimate of drug-likeness (QED) is 0.516. The summed E-state index contributed by atoms with van der Waals surface area (Å²) >= 11 is -2.81. The Bertz CT molecular complexity index is 363. The van der Waals surface area contributed by atoms with E-state index in [-0.39, 0.29) is 0 Å². The van der Waals surface area contributed by atoms with Gasteiger partial charge in [0.25, 0.3) is 0 Å². The molecule has 2 atom stereocenters. The second-order valence-electron chi connectivity index (χ2n) is 6.57. The van der Waals surface area contributed by atoms with Crippen LogP contribution in [-0.2, 0) is 6.15 Å². The van der Waals surface area contributed by atoms with Crippen molar-refractivity contribution in [2.24, 2.45) is 0 Å². The zero-order valence-corrected chi connectivity index (χ0v) is 15.9. The second-order valence-corrected chi connectivity index (χ2v) is 16.1. The Labute approximate surface area is 128 Å². The molecule has 0 radical (unpaired) electrons. The number of hydrogen-bond acceptors (Lipinski definition) is 3. The van der Waals surface area contributed by atoms with Gasteiger partial charge in [0.2, 0.25) is 0 Å². The van der Waals surface area contributed by atoms with Crippen molar-refractivity contribution < 1.29 is 6.15 Å². The van der Waals surface area contributed by atoms with Crippen molar-refractivity contribution in [3.05, 3.63) is 11.6 Å². The van der Waals surface area contributed by atoms with E-state index in [1.165, 1.54) is 53.1 Å². The zero-order valence-electron chi connectivity index (χ0n) is 13.1. The fourth-order valence-electron chi connectivity index (χ4n) is 3.93. The molecule has 0 aromatic rings. The zero-order chi connectivity index (χ0) is 14.0. The van der Waals surface area contributed by atoms with E-state index in [2.05, 4.69) is 24.8 Å². The number of hydrogen-bond donors (Lipinski definition) is 0. The van der Waals surface area contributed by atoms with Crippen molar-refractivity contribution in [1.82, 2.24) is 4.90 Å². The monoisotopic (exact) mass is 387 g/mol. The summed E-state index contributed by atoms with van der Waals surface area (Å²) in [4.78, 5) is 2.59. The molecule has 0 aromatic heterocycles. The van der Waals surface area contributed by atoms with Crippen molar-refractivity contribution in [3.63, 3.8) is 0 Å². The molecule has 114 valence electrons. The van der Waals surface area contributed by atoms with Gasteiger partial charge in [-0.2, -0.15) is 0 Å². The van der Waals surface area contributed by atoms with Crippen LogP contribution in [0.3, 0.4) is 0 Å². The fraction of sp³-hybridized carbons (Fsp3) is 0.875. The third-order valence-electron chi connectivity index (χ3n) is 5.10. The van der Waals surface area contributed by atoms with E-state index in [4.69, 9.17) is 6.15 Å². The maximum absolute atomic E-state index is 6.81. The van der Waals surface area contributed by atoms with Gasteiger partial charge in [-0.1, -0.05) is 0 Å². The van der Waals surface area contributed by atoms with Crippen LogP contribution in [0.2, 0.25) is 8.87 Å². The molecule has 3 rings (SSSR count). The van der Waals surface area contributed by atoms with Crippen LogP contribution in [0.1, 0.15) is 46.0 Å². The SMILES string of the molecule is CCC[CH2][Sn]1([CH2]CCC)[O]CC2=CCN3CC[C@@H]([O]1)[C@@H]23. The second kappa shape index (κ2) is 6.67.